The van der Waals surface area contributed by atoms with Gasteiger partial charge in [-0.05, 0) is 42.9 Å². The van der Waals surface area contributed by atoms with Crippen LogP contribution in [0.25, 0.3) is 0 Å². The highest BCUT2D eigenvalue weighted by Gasteiger charge is 2.17. The van der Waals surface area contributed by atoms with E-state index in [1.54, 1.807) is 18.2 Å². The maximum Gasteiger partial charge on any atom is 0.337 e. The lowest BCUT2D eigenvalue weighted by Crippen LogP contribution is -2.29. The normalized spacial score (nSPS) is 11.2. The van der Waals surface area contributed by atoms with Gasteiger partial charge in [-0.25, -0.2) is 4.79 Å². The van der Waals surface area contributed by atoms with E-state index in [4.69, 9.17) is 11.6 Å². The van der Waals surface area contributed by atoms with Gasteiger partial charge in [0.25, 0.3) is 0 Å². The van der Waals surface area contributed by atoms with Crippen LogP contribution in [0.5, 0.6) is 0 Å². The summed E-state index contributed by atoms with van der Waals surface area (Å²) in [6.45, 7) is 10.4. The lowest BCUT2D eigenvalue weighted by Gasteiger charge is -2.28. The monoisotopic (exact) mass is 311 g/mol. The van der Waals surface area contributed by atoms with Crippen LogP contribution in [-0.2, 0) is 0 Å². The average Bonchev–Trinajstić information content (AvgIpc) is 2.37. The molecular weight excluding hydrogens is 286 g/mol. The van der Waals surface area contributed by atoms with Gasteiger partial charge in [-0.3, -0.25) is 0 Å². The molecule has 0 heterocycles. The second-order valence-corrected chi connectivity index (χ2v) is 6.76. The van der Waals surface area contributed by atoms with Crippen LogP contribution < -0.4 is 4.90 Å². The van der Waals surface area contributed by atoms with E-state index >= 15 is 0 Å². The Hall–Kier alpha value is -1.22. The number of anilines is 1. The van der Waals surface area contributed by atoms with Crippen molar-refractivity contribution < 1.29 is 9.90 Å². The van der Waals surface area contributed by atoms with Gasteiger partial charge in [0.05, 0.1) is 11.3 Å². The number of benzene rings is 1. The highest BCUT2D eigenvalue weighted by Crippen LogP contribution is 2.26. The molecule has 0 fully saturated rings. The van der Waals surface area contributed by atoms with Crippen LogP contribution in [0.1, 0.15) is 50.9 Å². The smallest absolute Gasteiger partial charge is 0.337 e. The van der Waals surface area contributed by atoms with Crippen molar-refractivity contribution in [2.75, 3.05) is 18.0 Å². The molecule has 0 aliphatic rings. The third-order valence-electron chi connectivity index (χ3n) is 3.48. The Labute approximate surface area is 132 Å². The Morgan fingerprint density at radius 2 is 1.67 bits per heavy atom. The molecule has 1 aromatic rings. The zero-order valence-electron chi connectivity index (χ0n) is 13.4. The number of rotatable bonds is 8. The van der Waals surface area contributed by atoms with Crippen molar-refractivity contribution in [2.45, 2.75) is 40.5 Å². The van der Waals surface area contributed by atoms with Crippen LogP contribution in [0.2, 0.25) is 5.02 Å². The van der Waals surface area contributed by atoms with Crippen LogP contribution in [0, 0.1) is 11.8 Å². The summed E-state index contributed by atoms with van der Waals surface area (Å²) in [5.74, 6) is 0.263. The van der Waals surface area contributed by atoms with Gasteiger partial charge in [-0.1, -0.05) is 39.3 Å². The molecule has 0 atom stereocenters. The van der Waals surface area contributed by atoms with Crippen molar-refractivity contribution in [3.63, 3.8) is 0 Å². The molecule has 1 rings (SSSR count). The van der Waals surface area contributed by atoms with Gasteiger partial charge >= 0.3 is 5.97 Å². The predicted molar refractivity (Wildman–Crippen MR) is 89.5 cm³/mol. The lowest BCUT2D eigenvalue weighted by atomic mass is 10.1. The number of carboxylic acids is 1. The standard InChI is InChI=1S/C17H26ClNO2/c1-12(2)7-9-19(10-8-13(3)4)16-11-14(18)5-6-15(16)17(20)21/h5-6,11-13H,7-10H2,1-4H3,(H,20,21). The molecule has 0 spiro atoms. The lowest BCUT2D eigenvalue weighted by molar-refractivity contribution is 0.0697. The summed E-state index contributed by atoms with van der Waals surface area (Å²) in [6.07, 6.45) is 2.06. The summed E-state index contributed by atoms with van der Waals surface area (Å²) in [6, 6.07) is 5.00. The van der Waals surface area contributed by atoms with Gasteiger partial charge < -0.3 is 10.0 Å². The van der Waals surface area contributed by atoms with Gasteiger partial charge in [0.2, 0.25) is 0 Å². The van der Waals surface area contributed by atoms with Crippen molar-refractivity contribution in [2.24, 2.45) is 11.8 Å². The summed E-state index contributed by atoms with van der Waals surface area (Å²) < 4.78 is 0. The summed E-state index contributed by atoms with van der Waals surface area (Å²) in [4.78, 5) is 13.6. The minimum absolute atomic E-state index is 0.326. The van der Waals surface area contributed by atoms with Crippen molar-refractivity contribution in [3.05, 3.63) is 28.8 Å². The molecule has 0 radical (unpaired) electrons. The van der Waals surface area contributed by atoms with Crippen molar-refractivity contribution >= 4 is 23.3 Å². The third kappa shape index (κ3) is 5.96. The number of carbonyl (C=O) groups is 1. The van der Waals surface area contributed by atoms with Gasteiger partial charge in [0, 0.05) is 18.1 Å². The minimum Gasteiger partial charge on any atom is -0.478 e. The Bertz CT molecular complexity index is 460. The number of nitrogens with zero attached hydrogens (tertiary/aromatic N) is 1. The molecule has 0 aliphatic heterocycles. The highest BCUT2D eigenvalue weighted by molar-refractivity contribution is 6.31. The Morgan fingerprint density at radius 3 is 2.10 bits per heavy atom. The number of hydrogen-bond acceptors (Lipinski definition) is 2. The van der Waals surface area contributed by atoms with Crippen LogP contribution in [0.3, 0.4) is 0 Å². The molecule has 4 heteroatoms. The number of carboxylic acid groups (broad SMARTS) is 1. The number of halogens is 1. The van der Waals surface area contributed by atoms with Gasteiger partial charge in [-0.15, -0.1) is 0 Å². The van der Waals surface area contributed by atoms with Gasteiger partial charge in [0.15, 0.2) is 0 Å². The first kappa shape index (κ1) is 17.8. The predicted octanol–water partition coefficient (Wildman–Crippen LogP) is 4.94. The van der Waals surface area contributed by atoms with Crippen LogP contribution >= 0.6 is 11.6 Å². The third-order valence-corrected chi connectivity index (χ3v) is 3.72. The van der Waals surface area contributed by atoms with Gasteiger partial charge in [0.1, 0.15) is 0 Å². The molecule has 1 N–H and O–H groups in total. The average molecular weight is 312 g/mol. The van der Waals surface area contributed by atoms with E-state index < -0.39 is 5.97 Å². The molecule has 0 unspecified atom stereocenters. The topological polar surface area (TPSA) is 40.5 Å². The van der Waals surface area contributed by atoms with Crippen LogP contribution in [0.15, 0.2) is 18.2 Å². The number of aromatic carboxylic acids is 1. The second kappa shape index (κ2) is 8.28. The van der Waals surface area contributed by atoms with Gasteiger partial charge in [-0.2, -0.15) is 0 Å². The molecule has 0 bridgehead atoms. The molecule has 1 aromatic carbocycles. The zero-order chi connectivity index (χ0) is 16.0. The quantitative estimate of drug-likeness (QED) is 0.739. The molecule has 0 amide bonds. The van der Waals surface area contributed by atoms with E-state index in [1.165, 1.54) is 0 Å². The van der Waals surface area contributed by atoms with E-state index in [0.717, 1.165) is 31.6 Å². The Balaban J connectivity index is 3.04. The molecule has 3 nitrogen and oxygen atoms in total. The summed E-state index contributed by atoms with van der Waals surface area (Å²) >= 11 is 6.07. The molecular formula is C17H26ClNO2. The van der Waals surface area contributed by atoms with E-state index in [-0.39, 0.29) is 0 Å². The molecule has 118 valence electrons. The maximum atomic E-state index is 11.4. The first-order valence-electron chi connectivity index (χ1n) is 7.59. The molecule has 21 heavy (non-hydrogen) atoms. The van der Waals surface area contributed by atoms with E-state index in [9.17, 15) is 9.90 Å². The van der Waals surface area contributed by atoms with E-state index in [1.807, 2.05) is 0 Å². The first-order chi connectivity index (χ1) is 9.81. The molecule has 0 aliphatic carbocycles. The zero-order valence-corrected chi connectivity index (χ0v) is 14.2. The summed E-state index contributed by atoms with van der Waals surface area (Å²) in [7, 11) is 0. The summed E-state index contributed by atoms with van der Waals surface area (Å²) in [5, 5.41) is 9.97. The fraction of sp³-hybridized carbons (Fsp3) is 0.588. The molecule has 0 aromatic heterocycles. The SMILES string of the molecule is CC(C)CCN(CCC(C)C)c1cc(Cl)ccc1C(=O)O. The highest BCUT2D eigenvalue weighted by atomic mass is 35.5. The largest absolute Gasteiger partial charge is 0.478 e. The molecule has 0 saturated heterocycles. The van der Waals surface area contributed by atoms with Crippen LogP contribution in [0.4, 0.5) is 5.69 Å². The minimum atomic E-state index is -0.902. The van der Waals surface area contributed by atoms with E-state index in [0.29, 0.717) is 22.4 Å². The van der Waals surface area contributed by atoms with Crippen molar-refractivity contribution in [3.8, 4) is 0 Å². The Morgan fingerprint density at radius 1 is 1.14 bits per heavy atom. The van der Waals surface area contributed by atoms with Crippen molar-refractivity contribution in [1.29, 1.82) is 0 Å². The Kier molecular flexibility index (Phi) is 7.03. The fourth-order valence-corrected chi connectivity index (χ4v) is 2.29. The van der Waals surface area contributed by atoms with E-state index in [2.05, 4.69) is 32.6 Å². The summed E-state index contributed by atoms with van der Waals surface area (Å²) in [5.41, 5.74) is 1.06. The molecule has 0 saturated carbocycles. The fourth-order valence-electron chi connectivity index (χ4n) is 2.13. The van der Waals surface area contributed by atoms with Crippen LogP contribution in [-0.4, -0.2) is 24.2 Å². The number of hydrogen-bond donors (Lipinski definition) is 1. The first-order valence-corrected chi connectivity index (χ1v) is 7.96. The maximum absolute atomic E-state index is 11.4. The van der Waals surface area contributed by atoms with Crippen molar-refractivity contribution in [1.82, 2.24) is 0 Å². The second-order valence-electron chi connectivity index (χ2n) is 6.32.